The summed E-state index contributed by atoms with van der Waals surface area (Å²) in [5.41, 5.74) is 0. The van der Waals surface area contributed by atoms with E-state index in [0.717, 1.165) is 13.0 Å². The molecule has 0 aromatic carbocycles. The van der Waals surface area contributed by atoms with Crippen molar-refractivity contribution in [3.8, 4) is 0 Å². The Morgan fingerprint density at radius 3 is 2.89 bits per heavy atom. The molecule has 1 aromatic heterocycles. The minimum Gasteiger partial charge on any atom is -0.360 e. The summed E-state index contributed by atoms with van der Waals surface area (Å²) in [6.45, 7) is 7.26. The molecular weight excluding hydrogens is 260 g/mol. The third kappa shape index (κ3) is 3.43. The van der Waals surface area contributed by atoms with Crippen LogP contribution in [0.1, 0.15) is 49.8 Å². The van der Waals surface area contributed by atoms with Gasteiger partial charge in [-0.2, -0.15) is 0 Å². The molecule has 1 saturated carbocycles. The number of anilines is 1. The highest BCUT2D eigenvalue weighted by Crippen LogP contribution is 2.29. The van der Waals surface area contributed by atoms with Crippen LogP contribution in [0.15, 0.2) is 0 Å². The molecule has 1 aliphatic rings. The molecule has 2 N–H and O–H groups in total. The summed E-state index contributed by atoms with van der Waals surface area (Å²) in [5.74, 6) is 1.11. The van der Waals surface area contributed by atoms with Crippen molar-refractivity contribution >= 4 is 22.4 Å². The van der Waals surface area contributed by atoms with Crippen molar-refractivity contribution in [3.05, 3.63) is 5.01 Å². The normalized spacial score (nSPS) is 27.0. The lowest BCUT2D eigenvalue weighted by molar-refractivity contribution is 0.0890. The van der Waals surface area contributed by atoms with Crippen LogP contribution in [0.25, 0.3) is 0 Å². The van der Waals surface area contributed by atoms with Crippen molar-refractivity contribution in [2.75, 3.05) is 11.9 Å². The lowest BCUT2D eigenvalue weighted by atomic mass is 9.78. The second-order valence-electron chi connectivity index (χ2n) is 5.29. The first-order chi connectivity index (χ1) is 9.11. The predicted octanol–water partition coefficient (Wildman–Crippen LogP) is 2.52. The number of nitrogens with zero attached hydrogens (tertiary/aromatic N) is 2. The molecule has 19 heavy (non-hydrogen) atoms. The van der Waals surface area contributed by atoms with E-state index < -0.39 is 0 Å². The maximum Gasteiger partial charge on any atom is 0.282 e. The molecule has 106 valence electrons. The van der Waals surface area contributed by atoms with Gasteiger partial charge in [-0.3, -0.25) is 4.79 Å². The van der Waals surface area contributed by atoms with Crippen LogP contribution in [0, 0.1) is 11.8 Å². The first-order valence-electron chi connectivity index (χ1n) is 7.00. The molecule has 0 saturated heterocycles. The Labute approximate surface area is 118 Å². The van der Waals surface area contributed by atoms with E-state index in [9.17, 15) is 4.79 Å². The van der Waals surface area contributed by atoms with Gasteiger partial charge in [0.15, 0.2) is 0 Å². The molecule has 1 aromatic rings. The zero-order valence-electron chi connectivity index (χ0n) is 11.8. The molecule has 3 unspecified atom stereocenters. The van der Waals surface area contributed by atoms with E-state index in [1.807, 2.05) is 6.92 Å². The minimum atomic E-state index is -0.0902. The maximum atomic E-state index is 12.2. The highest BCUT2D eigenvalue weighted by atomic mass is 32.1. The van der Waals surface area contributed by atoms with Gasteiger partial charge in [-0.25, -0.2) is 0 Å². The molecule has 6 heteroatoms. The summed E-state index contributed by atoms with van der Waals surface area (Å²) in [6.07, 6.45) is 3.52. The Morgan fingerprint density at radius 2 is 2.16 bits per heavy atom. The maximum absolute atomic E-state index is 12.2. The Kier molecular flexibility index (Phi) is 4.74. The summed E-state index contributed by atoms with van der Waals surface area (Å²) in [6, 6.07) is 0.266. The van der Waals surface area contributed by atoms with Crippen LogP contribution in [0.5, 0.6) is 0 Å². The summed E-state index contributed by atoms with van der Waals surface area (Å²) >= 11 is 1.31. The number of rotatable bonds is 4. The second-order valence-corrected chi connectivity index (χ2v) is 6.27. The van der Waals surface area contributed by atoms with Gasteiger partial charge in [-0.05, 0) is 25.2 Å². The van der Waals surface area contributed by atoms with E-state index >= 15 is 0 Å². The molecule has 3 atom stereocenters. The van der Waals surface area contributed by atoms with E-state index in [1.165, 1.54) is 24.2 Å². The number of nitrogens with one attached hydrogen (secondary N) is 2. The smallest absolute Gasteiger partial charge is 0.282 e. The van der Waals surface area contributed by atoms with Gasteiger partial charge in [0, 0.05) is 12.6 Å². The van der Waals surface area contributed by atoms with Crippen LogP contribution in [-0.2, 0) is 0 Å². The first-order valence-corrected chi connectivity index (χ1v) is 7.81. The third-order valence-corrected chi connectivity index (χ3v) is 4.85. The summed E-state index contributed by atoms with van der Waals surface area (Å²) in [7, 11) is 0. The Morgan fingerprint density at radius 1 is 1.37 bits per heavy atom. The van der Waals surface area contributed by atoms with Gasteiger partial charge in [0.1, 0.15) is 0 Å². The second kappa shape index (κ2) is 6.32. The van der Waals surface area contributed by atoms with E-state index in [2.05, 4.69) is 34.7 Å². The van der Waals surface area contributed by atoms with Gasteiger partial charge >= 0.3 is 0 Å². The Bertz CT molecular complexity index is 434. The molecule has 1 heterocycles. The van der Waals surface area contributed by atoms with Crippen molar-refractivity contribution in [2.45, 2.75) is 46.1 Å². The number of amides is 1. The number of hydrogen-bond donors (Lipinski definition) is 2. The Hall–Kier alpha value is -1.17. The lowest BCUT2D eigenvalue weighted by Gasteiger charge is -2.34. The van der Waals surface area contributed by atoms with Crippen LogP contribution in [0.4, 0.5) is 5.13 Å². The number of carbonyl (C=O) groups excluding carboxylic acids is 1. The zero-order valence-corrected chi connectivity index (χ0v) is 12.6. The van der Waals surface area contributed by atoms with Gasteiger partial charge in [-0.15, -0.1) is 10.2 Å². The average molecular weight is 282 g/mol. The molecule has 0 bridgehead atoms. The standard InChI is InChI=1S/C13H22N4OS/c1-4-14-13-17-16-12(19-13)11(18)15-10-7-5-6-8(2)9(10)3/h8-10H,4-7H2,1-3H3,(H,14,17)(H,15,18). The van der Waals surface area contributed by atoms with Crippen LogP contribution in [0.2, 0.25) is 0 Å². The number of carbonyl (C=O) groups is 1. The van der Waals surface area contributed by atoms with E-state index in [4.69, 9.17) is 0 Å². The summed E-state index contributed by atoms with van der Waals surface area (Å²) in [4.78, 5) is 12.2. The van der Waals surface area contributed by atoms with Crippen LogP contribution >= 0.6 is 11.3 Å². The van der Waals surface area contributed by atoms with E-state index in [-0.39, 0.29) is 11.9 Å². The highest BCUT2D eigenvalue weighted by molar-refractivity contribution is 7.17. The zero-order chi connectivity index (χ0) is 13.8. The van der Waals surface area contributed by atoms with Crippen LogP contribution < -0.4 is 10.6 Å². The van der Waals surface area contributed by atoms with E-state index in [1.54, 1.807) is 0 Å². The number of hydrogen-bond acceptors (Lipinski definition) is 5. The summed E-state index contributed by atoms with van der Waals surface area (Å²) < 4.78 is 0. The molecule has 0 aliphatic heterocycles. The molecule has 5 nitrogen and oxygen atoms in total. The molecule has 1 fully saturated rings. The van der Waals surface area contributed by atoms with Gasteiger partial charge in [0.05, 0.1) is 0 Å². The fourth-order valence-electron chi connectivity index (χ4n) is 2.55. The Balaban J connectivity index is 1.95. The van der Waals surface area contributed by atoms with Crippen LogP contribution in [0.3, 0.4) is 0 Å². The van der Waals surface area contributed by atoms with Gasteiger partial charge in [0.2, 0.25) is 10.1 Å². The van der Waals surface area contributed by atoms with Gasteiger partial charge < -0.3 is 10.6 Å². The number of aromatic nitrogens is 2. The monoisotopic (exact) mass is 282 g/mol. The SMILES string of the molecule is CCNc1nnc(C(=O)NC2CCCC(C)C2C)s1. The fourth-order valence-corrected chi connectivity index (χ4v) is 3.27. The predicted molar refractivity (Wildman–Crippen MR) is 77.5 cm³/mol. The first kappa shape index (κ1) is 14.2. The van der Waals surface area contributed by atoms with Crippen molar-refractivity contribution in [1.82, 2.24) is 15.5 Å². The topological polar surface area (TPSA) is 66.9 Å². The van der Waals surface area contributed by atoms with Gasteiger partial charge in [0.25, 0.3) is 5.91 Å². The van der Waals surface area contributed by atoms with Crippen molar-refractivity contribution in [3.63, 3.8) is 0 Å². The van der Waals surface area contributed by atoms with Crippen molar-refractivity contribution < 1.29 is 4.79 Å². The molecule has 1 amide bonds. The quantitative estimate of drug-likeness (QED) is 0.890. The van der Waals surface area contributed by atoms with E-state index in [0.29, 0.717) is 22.0 Å². The lowest BCUT2D eigenvalue weighted by Crippen LogP contribution is -2.43. The largest absolute Gasteiger partial charge is 0.360 e. The van der Waals surface area contributed by atoms with Gasteiger partial charge in [-0.1, -0.05) is 38.0 Å². The molecule has 0 spiro atoms. The fraction of sp³-hybridized carbons (Fsp3) is 0.769. The summed E-state index contributed by atoms with van der Waals surface area (Å²) in [5, 5.41) is 15.2. The van der Waals surface area contributed by atoms with Crippen LogP contribution in [-0.4, -0.2) is 28.7 Å². The highest BCUT2D eigenvalue weighted by Gasteiger charge is 2.29. The minimum absolute atomic E-state index is 0.0902. The van der Waals surface area contributed by atoms with Crippen molar-refractivity contribution in [1.29, 1.82) is 0 Å². The molecule has 2 rings (SSSR count). The molecule has 0 radical (unpaired) electrons. The average Bonchev–Trinajstić information content (AvgIpc) is 2.84. The molecular formula is C13H22N4OS. The van der Waals surface area contributed by atoms with Crippen molar-refractivity contribution in [2.24, 2.45) is 11.8 Å². The molecule has 1 aliphatic carbocycles. The third-order valence-electron chi connectivity index (χ3n) is 3.97.